The summed E-state index contributed by atoms with van der Waals surface area (Å²) in [5.41, 5.74) is 4.48. The first kappa shape index (κ1) is 21.5. The lowest BCUT2D eigenvalue weighted by molar-refractivity contribution is 0.0602. The number of methoxy groups -OCH3 is 1. The van der Waals surface area contributed by atoms with Crippen LogP contribution >= 0.6 is 39.5 Å². The summed E-state index contributed by atoms with van der Waals surface area (Å²) in [6.07, 6.45) is 0. The van der Waals surface area contributed by atoms with Crippen LogP contribution in [0.5, 0.6) is 0 Å². The van der Waals surface area contributed by atoms with Crippen LogP contribution < -0.4 is 10.6 Å². The Bertz CT molecular complexity index is 1070. The van der Waals surface area contributed by atoms with Crippen LogP contribution in [0.15, 0.2) is 34.8 Å². The first-order chi connectivity index (χ1) is 13.8. The van der Waals surface area contributed by atoms with Crippen LogP contribution in [-0.4, -0.2) is 28.0 Å². The van der Waals surface area contributed by atoms with E-state index in [1.807, 2.05) is 49.7 Å². The van der Waals surface area contributed by atoms with Crippen LogP contribution in [-0.2, 0) is 11.3 Å². The zero-order valence-corrected chi connectivity index (χ0v) is 19.7. The largest absolute Gasteiger partial charge is 0.465 e. The number of carbonyl (C=O) groups excluding carboxylic acids is 1. The summed E-state index contributed by atoms with van der Waals surface area (Å²) in [7, 11) is 1.36. The minimum Gasteiger partial charge on any atom is -0.465 e. The first-order valence-corrected chi connectivity index (χ1v) is 10.9. The number of nitrogens with zero attached hydrogens (tertiary/aromatic N) is 2. The number of esters is 1. The van der Waals surface area contributed by atoms with Crippen molar-refractivity contribution in [2.75, 3.05) is 17.7 Å². The highest BCUT2D eigenvalue weighted by Crippen LogP contribution is 2.28. The Morgan fingerprint density at radius 2 is 2.03 bits per heavy atom. The standard InChI is InChI=1S/C20H21BrN4O2S2/c1-11-8-16(19(26)27-4)18(29-11)23-20(28)22-15-7-5-6-14(9-15)10-25-13(3)17(21)12(2)24-25/h5-9H,10H2,1-4H3,(H2,22,23,28). The van der Waals surface area contributed by atoms with Crippen LogP contribution in [0.1, 0.15) is 32.2 Å². The van der Waals surface area contributed by atoms with Crippen molar-refractivity contribution in [3.05, 3.63) is 62.2 Å². The second-order valence-corrected chi connectivity index (χ2v) is 8.97. The molecule has 152 valence electrons. The molecular weight excluding hydrogens is 472 g/mol. The highest BCUT2D eigenvalue weighted by atomic mass is 79.9. The lowest BCUT2D eigenvalue weighted by Crippen LogP contribution is -2.20. The number of aryl methyl sites for hydroxylation is 2. The molecule has 9 heteroatoms. The highest BCUT2D eigenvalue weighted by molar-refractivity contribution is 9.10. The molecule has 29 heavy (non-hydrogen) atoms. The van der Waals surface area contributed by atoms with E-state index in [4.69, 9.17) is 17.0 Å². The molecule has 0 saturated carbocycles. The van der Waals surface area contributed by atoms with Crippen molar-refractivity contribution in [1.82, 2.24) is 9.78 Å². The summed E-state index contributed by atoms with van der Waals surface area (Å²) >= 11 is 10.4. The van der Waals surface area contributed by atoms with Gasteiger partial charge in [-0.05, 0) is 72.7 Å². The van der Waals surface area contributed by atoms with E-state index in [2.05, 4.69) is 31.7 Å². The van der Waals surface area contributed by atoms with Gasteiger partial charge in [0, 0.05) is 10.6 Å². The third kappa shape index (κ3) is 5.04. The van der Waals surface area contributed by atoms with Gasteiger partial charge in [-0.3, -0.25) is 4.68 Å². The Hall–Kier alpha value is -2.23. The van der Waals surface area contributed by atoms with Crippen molar-refractivity contribution in [3.63, 3.8) is 0 Å². The third-order valence-electron chi connectivity index (χ3n) is 4.30. The van der Waals surface area contributed by atoms with E-state index in [1.165, 1.54) is 18.4 Å². The number of aromatic nitrogens is 2. The molecular formula is C20H21BrN4O2S2. The van der Waals surface area contributed by atoms with E-state index in [1.54, 1.807) is 6.07 Å². The fourth-order valence-electron chi connectivity index (χ4n) is 2.88. The number of ether oxygens (including phenoxy) is 1. The molecule has 6 nitrogen and oxygen atoms in total. The van der Waals surface area contributed by atoms with E-state index in [0.717, 1.165) is 32.0 Å². The molecule has 0 aliphatic heterocycles. The first-order valence-electron chi connectivity index (χ1n) is 8.83. The van der Waals surface area contributed by atoms with Crippen LogP contribution in [0.2, 0.25) is 0 Å². The Kier molecular flexibility index (Phi) is 6.71. The molecule has 0 saturated heterocycles. The van der Waals surface area contributed by atoms with Gasteiger partial charge in [-0.1, -0.05) is 12.1 Å². The summed E-state index contributed by atoms with van der Waals surface area (Å²) in [6, 6.07) is 9.77. The van der Waals surface area contributed by atoms with Gasteiger partial charge in [-0.25, -0.2) is 4.79 Å². The topological polar surface area (TPSA) is 68.2 Å². The summed E-state index contributed by atoms with van der Waals surface area (Å²) in [4.78, 5) is 12.9. The van der Waals surface area contributed by atoms with Crippen LogP contribution in [0.25, 0.3) is 0 Å². The molecule has 3 rings (SSSR count). The van der Waals surface area contributed by atoms with E-state index >= 15 is 0 Å². The molecule has 1 aromatic carbocycles. The van der Waals surface area contributed by atoms with E-state index in [0.29, 0.717) is 22.2 Å². The molecule has 0 bridgehead atoms. The normalized spacial score (nSPS) is 10.7. The fraction of sp³-hybridized carbons (Fsp3) is 0.250. The number of hydrogen-bond acceptors (Lipinski definition) is 5. The lowest BCUT2D eigenvalue weighted by Gasteiger charge is -2.12. The lowest BCUT2D eigenvalue weighted by atomic mass is 10.2. The second kappa shape index (κ2) is 9.06. The average molecular weight is 493 g/mol. The summed E-state index contributed by atoms with van der Waals surface area (Å²) in [6.45, 7) is 6.60. The van der Waals surface area contributed by atoms with Gasteiger partial charge in [0.2, 0.25) is 0 Å². The molecule has 2 heterocycles. The van der Waals surface area contributed by atoms with Gasteiger partial charge >= 0.3 is 5.97 Å². The Labute approximate surface area is 187 Å². The van der Waals surface area contributed by atoms with Gasteiger partial charge in [0.25, 0.3) is 0 Å². The summed E-state index contributed by atoms with van der Waals surface area (Å²) in [5, 5.41) is 11.9. The maximum atomic E-state index is 11.9. The molecule has 2 aromatic heterocycles. The van der Waals surface area contributed by atoms with Crippen molar-refractivity contribution in [1.29, 1.82) is 0 Å². The second-order valence-electron chi connectivity index (χ2n) is 6.51. The summed E-state index contributed by atoms with van der Waals surface area (Å²) < 4.78 is 7.83. The van der Waals surface area contributed by atoms with Crippen molar-refractivity contribution >= 4 is 61.3 Å². The van der Waals surface area contributed by atoms with Crippen LogP contribution in [0.4, 0.5) is 10.7 Å². The third-order valence-corrected chi connectivity index (χ3v) is 6.62. The average Bonchev–Trinajstić information content (AvgIpc) is 3.15. The van der Waals surface area contributed by atoms with Gasteiger partial charge < -0.3 is 15.4 Å². The molecule has 0 fully saturated rings. The highest BCUT2D eigenvalue weighted by Gasteiger charge is 2.16. The number of nitrogens with one attached hydrogen (secondary N) is 2. The van der Waals surface area contributed by atoms with Crippen molar-refractivity contribution in [2.45, 2.75) is 27.3 Å². The Morgan fingerprint density at radius 3 is 2.69 bits per heavy atom. The number of benzene rings is 1. The molecule has 0 radical (unpaired) electrons. The monoisotopic (exact) mass is 492 g/mol. The molecule has 0 atom stereocenters. The maximum absolute atomic E-state index is 11.9. The zero-order valence-electron chi connectivity index (χ0n) is 16.5. The van der Waals surface area contributed by atoms with Gasteiger partial charge in [-0.2, -0.15) is 5.10 Å². The number of halogens is 1. The van der Waals surface area contributed by atoms with Crippen molar-refractivity contribution in [3.8, 4) is 0 Å². The molecule has 0 amide bonds. The maximum Gasteiger partial charge on any atom is 0.340 e. The number of hydrogen-bond donors (Lipinski definition) is 2. The number of thiocarbonyl (C=S) groups is 1. The van der Waals surface area contributed by atoms with Crippen molar-refractivity contribution < 1.29 is 9.53 Å². The number of anilines is 2. The quantitative estimate of drug-likeness (QED) is 0.373. The molecule has 0 spiro atoms. The van der Waals surface area contributed by atoms with Gasteiger partial charge in [0.15, 0.2) is 5.11 Å². The predicted molar refractivity (Wildman–Crippen MR) is 125 cm³/mol. The minimum absolute atomic E-state index is 0.391. The zero-order chi connectivity index (χ0) is 21.1. The van der Waals surface area contributed by atoms with Crippen molar-refractivity contribution in [2.24, 2.45) is 0 Å². The summed E-state index contributed by atoms with van der Waals surface area (Å²) in [5.74, 6) is -0.391. The number of thiophene rings is 1. The van der Waals surface area contributed by atoms with Crippen LogP contribution in [0.3, 0.4) is 0 Å². The SMILES string of the molecule is COC(=O)c1cc(C)sc1NC(=S)Nc1cccc(Cn2nc(C)c(Br)c2C)c1. The van der Waals surface area contributed by atoms with Crippen LogP contribution in [0, 0.1) is 20.8 Å². The van der Waals surface area contributed by atoms with E-state index < -0.39 is 5.97 Å². The predicted octanol–water partition coefficient (Wildman–Crippen LogP) is 5.28. The molecule has 2 N–H and O–H groups in total. The Morgan fingerprint density at radius 1 is 1.28 bits per heavy atom. The van der Waals surface area contributed by atoms with Gasteiger partial charge in [0.05, 0.1) is 35.1 Å². The van der Waals surface area contributed by atoms with E-state index in [-0.39, 0.29) is 0 Å². The van der Waals surface area contributed by atoms with E-state index in [9.17, 15) is 4.79 Å². The Balaban J connectivity index is 1.71. The molecule has 0 aliphatic rings. The number of rotatable bonds is 5. The molecule has 0 unspecified atom stereocenters. The van der Waals surface area contributed by atoms with Gasteiger partial charge in [0.1, 0.15) is 5.00 Å². The number of carbonyl (C=O) groups is 1. The smallest absolute Gasteiger partial charge is 0.340 e. The fourth-order valence-corrected chi connectivity index (χ4v) is 4.36. The molecule has 0 aliphatic carbocycles. The van der Waals surface area contributed by atoms with Gasteiger partial charge in [-0.15, -0.1) is 11.3 Å². The minimum atomic E-state index is -0.391. The molecule has 3 aromatic rings.